The van der Waals surface area contributed by atoms with Crippen molar-refractivity contribution in [3.05, 3.63) is 0 Å². The largest absolute Gasteiger partial charge is 0.314 e. The van der Waals surface area contributed by atoms with Crippen LogP contribution in [0.3, 0.4) is 0 Å². The highest BCUT2D eigenvalue weighted by atomic mass is 15.1. The molecule has 0 atom stereocenters. The van der Waals surface area contributed by atoms with Gasteiger partial charge in [0.25, 0.3) is 0 Å². The van der Waals surface area contributed by atoms with Crippen molar-refractivity contribution in [2.45, 2.75) is 64.3 Å². The summed E-state index contributed by atoms with van der Waals surface area (Å²) in [6.45, 7) is 7.43. The van der Waals surface area contributed by atoms with E-state index in [9.17, 15) is 0 Å². The molecule has 0 aromatic rings. The SMILES string of the molecule is CCN(CCCNC1CCCCC1)CC1CC1. The Labute approximate surface area is 107 Å². The summed E-state index contributed by atoms with van der Waals surface area (Å²) in [7, 11) is 0. The topological polar surface area (TPSA) is 15.3 Å². The zero-order valence-electron chi connectivity index (χ0n) is 11.6. The maximum absolute atomic E-state index is 3.74. The van der Waals surface area contributed by atoms with Crippen LogP contribution in [0.4, 0.5) is 0 Å². The highest BCUT2D eigenvalue weighted by Gasteiger charge is 2.23. The molecular formula is C15H30N2. The van der Waals surface area contributed by atoms with Crippen LogP contribution < -0.4 is 5.32 Å². The Hall–Kier alpha value is -0.0800. The van der Waals surface area contributed by atoms with Crippen molar-refractivity contribution in [1.82, 2.24) is 10.2 Å². The Bertz CT molecular complexity index is 195. The lowest BCUT2D eigenvalue weighted by Gasteiger charge is -2.24. The summed E-state index contributed by atoms with van der Waals surface area (Å²) >= 11 is 0. The summed E-state index contributed by atoms with van der Waals surface area (Å²) < 4.78 is 0. The second-order valence-corrected chi connectivity index (χ2v) is 5.98. The van der Waals surface area contributed by atoms with E-state index in [1.54, 1.807) is 0 Å². The average molecular weight is 238 g/mol. The first-order valence-corrected chi connectivity index (χ1v) is 7.84. The molecule has 2 saturated carbocycles. The second-order valence-electron chi connectivity index (χ2n) is 5.98. The normalized spacial score (nSPS) is 22.2. The zero-order chi connectivity index (χ0) is 11.9. The van der Waals surface area contributed by atoms with Crippen LogP contribution in [0.15, 0.2) is 0 Å². The lowest BCUT2D eigenvalue weighted by Crippen LogP contribution is -2.34. The van der Waals surface area contributed by atoms with Crippen LogP contribution in [-0.4, -0.2) is 37.1 Å². The molecule has 2 aliphatic rings. The third kappa shape index (κ3) is 5.39. The molecule has 0 spiro atoms. The number of nitrogens with zero attached hydrogens (tertiary/aromatic N) is 1. The highest BCUT2D eigenvalue weighted by molar-refractivity contribution is 4.77. The predicted octanol–water partition coefficient (Wildman–Crippen LogP) is 3.03. The summed E-state index contributed by atoms with van der Waals surface area (Å²) in [6, 6.07) is 0.835. The van der Waals surface area contributed by atoms with Gasteiger partial charge < -0.3 is 10.2 Å². The van der Waals surface area contributed by atoms with E-state index < -0.39 is 0 Å². The minimum absolute atomic E-state index is 0.835. The molecule has 2 heteroatoms. The lowest BCUT2D eigenvalue weighted by molar-refractivity contribution is 0.267. The van der Waals surface area contributed by atoms with Crippen LogP contribution in [0.2, 0.25) is 0 Å². The smallest absolute Gasteiger partial charge is 0.00670 e. The predicted molar refractivity (Wildman–Crippen MR) is 74.3 cm³/mol. The fourth-order valence-electron chi connectivity index (χ4n) is 2.96. The minimum Gasteiger partial charge on any atom is -0.314 e. The fraction of sp³-hybridized carbons (Fsp3) is 1.00. The molecule has 2 nitrogen and oxygen atoms in total. The molecule has 0 aromatic carbocycles. The fourth-order valence-corrected chi connectivity index (χ4v) is 2.96. The van der Waals surface area contributed by atoms with Gasteiger partial charge in [-0.15, -0.1) is 0 Å². The van der Waals surface area contributed by atoms with Crippen LogP contribution in [-0.2, 0) is 0 Å². The van der Waals surface area contributed by atoms with E-state index in [2.05, 4.69) is 17.1 Å². The molecule has 2 fully saturated rings. The monoisotopic (exact) mass is 238 g/mol. The van der Waals surface area contributed by atoms with Crippen molar-refractivity contribution in [3.8, 4) is 0 Å². The van der Waals surface area contributed by atoms with Crippen molar-refractivity contribution in [1.29, 1.82) is 0 Å². The summed E-state index contributed by atoms with van der Waals surface area (Å²) in [5.41, 5.74) is 0. The molecule has 0 aliphatic heterocycles. The molecule has 17 heavy (non-hydrogen) atoms. The molecule has 0 unspecified atom stereocenters. The Kier molecular flexibility index (Phi) is 5.79. The summed E-state index contributed by atoms with van der Waals surface area (Å²) in [4.78, 5) is 2.64. The van der Waals surface area contributed by atoms with Gasteiger partial charge in [0, 0.05) is 12.6 Å². The molecule has 0 aromatic heterocycles. The molecule has 100 valence electrons. The third-order valence-corrected chi connectivity index (χ3v) is 4.35. The van der Waals surface area contributed by atoms with E-state index in [0.29, 0.717) is 0 Å². The molecule has 0 amide bonds. The number of nitrogens with one attached hydrogen (secondary N) is 1. The molecule has 1 N–H and O–H groups in total. The van der Waals surface area contributed by atoms with Gasteiger partial charge in [0.05, 0.1) is 0 Å². The van der Waals surface area contributed by atoms with Crippen LogP contribution in [0.1, 0.15) is 58.3 Å². The first-order chi connectivity index (χ1) is 8.38. The average Bonchev–Trinajstić information content (AvgIpc) is 3.18. The molecule has 0 bridgehead atoms. The van der Waals surface area contributed by atoms with Crippen molar-refractivity contribution in [2.24, 2.45) is 5.92 Å². The van der Waals surface area contributed by atoms with Gasteiger partial charge in [-0.1, -0.05) is 26.2 Å². The number of hydrogen-bond donors (Lipinski definition) is 1. The third-order valence-electron chi connectivity index (χ3n) is 4.35. The van der Waals surface area contributed by atoms with Gasteiger partial charge in [0.15, 0.2) is 0 Å². The van der Waals surface area contributed by atoms with Crippen LogP contribution in [0.5, 0.6) is 0 Å². The van der Waals surface area contributed by atoms with Gasteiger partial charge in [0.2, 0.25) is 0 Å². The van der Waals surface area contributed by atoms with Crippen LogP contribution in [0.25, 0.3) is 0 Å². The molecule has 2 aliphatic carbocycles. The first-order valence-electron chi connectivity index (χ1n) is 7.84. The van der Waals surface area contributed by atoms with Crippen molar-refractivity contribution >= 4 is 0 Å². The quantitative estimate of drug-likeness (QED) is 0.654. The maximum atomic E-state index is 3.74. The van der Waals surface area contributed by atoms with Crippen LogP contribution >= 0.6 is 0 Å². The van der Waals surface area contributed by atoms with E-state index in [0.717, 1.165) is 12.0 Å². The Morgan fingerprint density at radius 3 is 2.47 bits per heavy atom. The maximum Gasteiger partial charge on any atom is 0.00670 e. The van der Waals surface area contributed by atoms with E-state index in [1.807, 2.05) is 0 Å². The van der Waals surface area contributed by atoms with Crippen molar-refractivity contribution in [2.75, 3.05) is 26.2 Å². The highest BCUT2D eigenvalue weighted by Crippen LogP contribution is 2.29. The summed E-state index contributed by atoms with van der Waals surface area (Å²) in [5.74, 6) is 1.04. The Morgan fingerprint density at radius 1 is 1.06 bits per heavy atom. The molecule has 0 saturated heterocycles. The van der Waals surface area contributed by atoms with E-state index in [-0.39, 0.29) is 0 Å². The van der Waals surface area contributed by atoms with Crippen LogP contribution in [0, 0.1) is 5.92 Å². The Balaban J connectivity index is 1.48. The molecular weight excluding hydrogens is 208 g/mol. The van der Waals surface area contributed by atoms with Gasteiger partial charge in [-0.3, -0.25) is 0 Å². The molecule has 0 radical (unpaired) electrons. The van der Waals surface area contributed by atoms with Crippen molar-refractivity contribution in [3.63, 3.8) is 0 Å². The molecule has 0 heterocycles. The summed E-state index contributed by atoms with van der Waals surface area (Å²) in [6.07, 6.45) is 11.5. The van der Waals surface area contributed by atoms with E-state index >= 15 is 0 Å². The van der Waals surface area contributed by atoms with Crippen molar-refractivity contribution < 1.29 is 0 Å². The van der Waals surface area contributed by atoms with Gasteiger partial charge in [-0.25, -0.2) is 0 Å². The zero-order valence-corrected chi connectivity index (χ0v) is 11.6. The first kappa shape index (κ1) is 13.4. The molecule has 2 rings (SSSR count). The standard InChI is InChI=1S/C15H30N2/c1-2-17(13-14-9-10-14)12-6-11-16-15-7-4-3-5-8-15/h14-16H,2-13H2,1H3. The van der Waals surface area contributed by atoms with Gasteiger partial charge in [0.1, 0.15) is 0 Å². The lowest BCUT2D eigenvalue weighted by atomic mass is 9.95. The number of hydrogen-bond acceptors (Lipinski definition) is 2. The van der Waals surface area contributed by atoms with Gasteiger partial charge in [-0.2, -0.15) is 0 Å². The van der Waals surface area contributed by atoms with E-state index in [4.69, 9.17) is 0 Å². The second kappa shape index (κ2) is 7.38. The summed E-state index contributed by atoms with van der Waals surface area (Å²) in [5, 5.41) is 3.74. The van der Waals surface area contributed by atoms with Gasteiger partial charge in [-0.05, 0) is 57.7 Å². The Morgan fingerprint density at radius 2 is 1.82 bits per heavy atom. The van der Waals surface area contributed by atoms with Gasteiger partial charge >= 0.3 is 0 Å². The minimum atomic E-state index is 0.835. The van der Waals surface area contributed by atoms with E-state index in [1.165, 1.54) is 77.5 Å². The number of rotatable bonds is 8.